The molecule has 0 bridgehead atoms. The number of aryl methyl sites for hydroxylation is 1. The van der Waals surface area contributed by atoms with Gasteiger partial charge in [-0.25, -0.2) is 9.59 Å². The highest BCUT2D eigenvalue weighted by Gasteiger charge is 2.34. The third-order valence-electron chi connectivity index (χ3n) is 9.34. The lowest BCUT2D eigenvalue weighted by atomic mass is 9.99. The van der Waals surface area contributed by atoms with Crippen LogP contribution in [0.25, 0.3) is 22.0 Å². The van der Waals surface area contributed by atoms with Gasteiger partial charge in [0, 0.05) is 41.3 Å². The van der Waals surface area contributed by atoms with Crippen molar-refractivity contribution in [3.63, 3.8) is 0 Å². The average Bonchev–Trinajstić information content (AvgIpc) is 3.68. The summed E-state index contributed by atoms with van der Waals surface area (Å²) in [5.74, 6) is -1.12. The molecule has 240 valence electrons. The molecule has 2 N–H and O–H groups in total. The maximum Gasteiger partial charge on any atom is 0.410 e. The molecule has 8 heteroatoms. The maximum absolute atomic E-state index is 13.5. The number of nitrogens with zero attached hydrogens (tertiary/aromatic N) is 2. The maximum atomic E-state index is 13.5. The van der Waals surface area contributed by atoms with E-state index in [1.54, 1.807) is 17.0 Å². The summed E-state index contributed by atoms with van der Waals surface area (Å²) in [5.41, 5.74) is 7.67. The number of carbonyl (C=O) groups excluding carboxylic acids is 2. The molecule has 1 aliphatic heterocycles. The molecule has 0 aliphatic carbocycles. The monoisotopic (exact) mass is 629 g/mol. The molecule has 2 unspecified atom stereocenters. The first-order valence-corrected chi connectivity index (χ1v) is 16.0. The molecule has 2 amide bonds. The Hall–Kier alpha value is -5.37. The SMILES string of the molecule is Cc1c(C)n(Cc2ccc(-c3ccccc3C(=O)O)cc2)c2ccc(C(=O)NC(C)C3CCCN3C(=O)OCc3ccccc3)cc12. The van der Waals surface area contributed by atoms with E-state index < -0.39 is 5.97 Å². The number of rotatable bonds is 9. The molecular weight excluding hydrogens is 590 g/mol. The molecule has 0 radical (unpaired) electrons. The Morgan fingerprint density at radius 3 is 2.38 bits per heavy atom. The van der Waals surface area contributed by atoms with Gasteiger partial charge in [0.2, 0.25) is 0 Å². The van der Waals surface area contributed by atoms with Crippen molar-refractivity contribution in [2.45, 2.75) is 58.8 Å². The third kappa shape index (κ3) is 6.63. The Labute approximate surface area is 274 Å². The number of aromatic carboxylic acids is 1. The van der Waals surface area contributed by atoms with Crippen LogP contribution in [0.5, 0.6) is 0 Å². The molecule has 0 saturated carbocycles. The van der Waals surface area contributed by atoms with Crippen LogP contribution in [0.3, 0.4) is 0 Å². The summed E-state index contributed by atoms with van der Waals surface area (Å²) in [6.07, 6.45) is 1.31. The van der Waals surface area contributed by atoms with Crippen LogP contribution in [-0.2, 0) is 17.9 Å². The predicted octanol–water partition coefficient (Wildman–Crippen LogP) is 7.59. The number of aromatic nitrogens is 1. The van der Waals surface area contributed by atoms with Gasteiger partial charge in [0.25, 0.3) is 5.91 Å². The highest BCUT2D eigenvalue weighted by Crippen LogP contribution is 2.29. The minimum atomic E-state index is -0.947. The van der Waals surface area contributed by atoms with E-state index in [0.717, 1.165) is 51.7 Å². The van der Waals surface area contributed by atoms with Crippen molar-refractivity contribution in [2.75, 3.05) is 6.54 Å². The van der Waals surface area contributed by atoms with Gasteiger partial charge in [-0.15, -0.1) is 0 Å². The second-order valence-corrected chi connectivity index (χ2v) is 12.3. The molecule has 47 heavy (non-hydrogen) atoms. The molecule has 2 atom stereocenters. The lowest BCUT2D eigenvalue weighted by molar-refractivity contribution is 0.0697. The van der Waals surface area contributed by atoms with E-state index in [2.05, 4.69) is 23.7 Å². The zero-order valence-corrected chi connectivity index (χ0v) is 26.9. The first-order chi connectivity index (χ1) is 22.7. The summed E-state index contributed by atoms with van der Waals surface area (Å²) in [4.78, 5) is 39.8. The summed E-state index contributed by atoms with van der Waals surface area (Å²) < 4.78 is 7.83. The van der Waals surface area contributed by atoms with E-state index in [4.69, 9.17) is 4.74 Å². The highest BCUT2D eigenvalue weighted by atomic mass is 16.6. The van der Waals surface area contributed by atoms with Crippen LogP contribution in [-0.4, -0.2) is 51.2 Å². The quantitative estimate of drug-likeness (QED) is 0.175. The average molecular weight is 630 g/mol. The molecule has 1 saturated heterocycles. The Bertz CT molecular complexity index is 1930. The van der Waals surface area contributed by atoms with E-state index in [1.165, 1.54) is 0 Å². The van der Waals surface area contributed by atoms with Crippen molar-refractivity contribution < 1.29 is 24.2 Å². The van der Waals surface area contributed by atoms with E-state index in [1.807, 2.05) is 91.9 Å². The number of ether oxygens (including phenoxy) is 1. The number of carbonyl (C=O) groups is 3. The number of nitrogens with one attached hydrogen (secondary N) is 1. The summed E-state index contributed by atoms with van der Waals surface area (Å²) in [5, 5.41) is 13.7. The molecule has 1 fully saturated rings. The number of hydrogen-bond acceptors (Lipinski definition) is 4. The fourth-order valence-corrected chi connectivity index (χ4v) is 6.62. The van der Waals surface area contributed by atoms with Crippen molar-refractivity contribution in [1.29, 1.82) is 0 Å². The Kier molecular flexibility index (Phi) is 9.11. The molecule has 8 nitrogen and oxygen atoms in total. The van der Waals surface area contributed by atoms with Crippen LogP contribution in [0, 0.1) is 13.8 Å². The van der Waals surface area contributed by atoms with E-state index in [9.17, 15) is 19.5 Å². The Morgan fingerprint density at radius 2 is 1.64 bits per heavy atom. The number of likely N-dealkylation sites (tertiary alicyclic amines) is 1. The second-order valence-electron chi connectivity index (χ2n) is 12.3. The van der Waals surface area contributed by atoms with Gasteiger partial charge in [0.1, 0.15) is 6.61 Å². The van der Waals surface area contributed by atoms with Crippen LogP contribution in [0.1, 0.15) is 62.9 Å². The number of fused-ring (bicyclic) bond motifs is 1. The largest absolute Gasteiger partial charge is 0.478 e. The van der Waals surface area contributed by atoms with E-state index >= 15 is 0 Å². The third-order valence-corrected chi connectivity index (χ3v) is 9.34. The van der Waals surface area contributed by atoms with Gasteiger partial charge in [0.15, 0.2) is 0 Å². The summed E-state index contributed by atoms with van der Waals surface area (Å²) in [7, 11) is 0. The van der Waals surface area contributed by atoms with Crippen molar-refractivity contribution in [2.24, 2.45) is 0 Å². The predicted molar refractivity (Wildman–Crippen MR) is 183 cm³/mol. The number of carboxylic acids is 1. The molecule has 6 rings (SSSR count). The molecule has 5 aromatic rings. The van der Waals surface area contributed by atoms with Crippen molar-refractivity contribution >= 4 is 28.9 Å². The van der Waals surface area contributed by atoms with Gasteiger partial charge in [0.05, 0.1) is 11.6 Å². The first-order valence-electron chi connectivity index (χ1n) is 16.0. The Balaban J connectivity index is 1.14. The van der Waals surface area contributed by atoms with Crippen LogP contribution in [0.15, 0.2) is 97.1 Å². The second kappa shape index (κ2) is 13.5. The lowest BCUT2D eigenvalue weighted by Crippen LogP contribution is -2.49. The molecule has 0 spiro atoms. The van der Waals surface area contributed by atoms with Gasteiger partial charge in [-0.05, 0) is 85.7 Å². The fourth-order valence-electron chi connectivity index (χ4n) is 6.62. The molecule has 4 aromatic carbocycles. The van der Waals surface area contributed by atoms with Crippen molar-refractivity contribution in [3.05, 3.63) is 131 Å². The molecular formula is C39H39N3O5. The summed E-state index contributed by atoms with van der Waals surface area (Å²) >= 11 is 0. The number of benzene rings is 4. The number of amides is 2. The summed E-state index contributed by atoms with van der Waals surface area (Å²) in [6, 6.07) is 30.0. The smallest absolute Gasteiger partial charge is 0.410 e. The molecule has 2 heterocycles. The number of hydrogen-bond donors (Lipinski definition) is 2. The molecule has 1 aliphatic rings. The zero-order valence-electron chi connectivity index (χ0n) is 26.9. The van der Waals surface area contributed by atoms with Gasteiger partial charge in [-0.2, -0.15) is 0 Å². The van der Waals surface area contributed by atoms with Crippen molar-refractivity contribution in [3.8, 4) is 11.1 Å². The van der Waals surface area contributed by atoms with Gasteiger partial charge >= 0.3 is 12.1 Å². The van der Waals surface area contributed by atoms with Crippen molar-refractivity contribution in [1.82, 2.24) is 14.8 Å². The van der Waals surface area contributed by atoms with Crippen LogP contribution >= 0.6 is 0 Å². The lowest BCUT2D eigenvalue weighted by Gasteiger charge is -2.29. The molecule has 1 aromatic heterocycles. The highest BCUT2D eigenvalue weighted by molar-refractivity contribution is 5.99. The van der Waals surface area contributed by atoms with Gasteiger partial charge in [-0.3, -0.25) is 4.79 Å². The summed E-state index contributed by atoms with van der Waals surface area (Å²) in [6.45, 7) is 7.56. The van der Waals surface area contributed by atoms with Gasteiger partial charge < -0.3 is 24.6 Å². The fraction of sp³-hybridized carbons (Fsp3) is 0.256. The normalized spacial score (nSPS) is 15.0. The topological polar surface area (TPSA) is 101 Å². The Morgan fingerprint density at radius 1 is 0.915 bits per heavy atom. The standard InChI is InChI=1S/C39H39N3O5/c1-25-27(3)42(23-28-15-17-30(18-16-28)32-12-7-8-13-33(32)38(44)45)36-20-19-31(22-34(25)36)37(43)40-26(2)35-14-9-21-41(35)39(46)47-24-29-10-5-4-6-11-29/h4-8,10-13,15-20,22,26,35H,9,14,21,23-24H2,1-3H3,(H,40,43)(H,44,45). The van der Waals surface area contributed by atoms with E-state index in [0.29, 0.717) is 24.2 Å². The first kappa shape index (κ1) is 31.6. The zero-order chi connectivity index (χ0) is 33.1. The number of carboxylic acid groups (broad SMARTS) is 1. The van der Waals surface area contributed by atoms with Crippen LogP contribution < -0.4 is 5.32 Å². The van der Waals surface area contributed by atoms with Crippen LogP contribution in [0.2, 0.25) is 0 Å². The van der Waals surface area contributed by atoms with E-state index in [-0.39, 0.29) is 36.3 Å². The van der Waals surface area contributed by atoms with Crippen LogP contribution in [0.4, 0.5) is 4.79 Å². The minimum Gasteiger partial charge on any atom is -0.478 e. The van der Waals surface area contributed by atoms with Gasteiger partial charge in [-0.1, -0.05) is 72.8 Å². The minimum absolute atomic E-state index is 0.139.